The molecule has 0 saturated carbocycles. The second kappa shape index (κ2) is 5.57. The number of thioether (sulfide) groups is 1. The average Bonchev–Trinajstić information content (AvgIpc) is 2.81. The Labute approximate surface area is 117 Å². The summed E-state index contributed by atoms with van der Waals surface area (Å²) in [5.41, 5.74) is 1.09. The number of fused-ring (bicyclic) bond motifs is 1. The number of carboxylic acids is 1. The van der Waals surface area contributed by atoms with Crippen molar-refractivity contribution >= 4 is 17.7 Å². The van der Waals surface area contributed by atoms with Crippen LogP contribution in [0.5, 0.6) is 0 Å². The number of aliphatic carboxylic acids is 1. The summed E-state index contributed by atoms with van der Waals surface area (Å²) in [5, 5.41) is 9.94. The van der Waals surface area contributed by atoms with Gasteiger partial charge < -0.3 is 9.67 Å². The third-order valence-corrected chi connectivity index (χ3v) is 5.47. The normalized spacial score (nSPS) is 26.9. The van der Waals surface area contributed by atoms with Gasteiger partial charge in [-0.15, -0.1) is 0 Å². The fourth-order valence-electron chi connectivity index (χ4n) is 3.08. The van der Waals surface area contributed by atoms with Crippen LogP contribution in [0, 0.1) is 0 Å². The maximum atomic E-state index is 11.3. The van der Waals surface area contributed by atoms with Crippen molar-refractivity contribution in [3.8, 4) is 0 Å². The van der Waals surface area contributed by atoms with Crippen LogP contribution in [0.3, 0.4) is 0 Å². The van der Waals surface area contributed by atoms with E-state index in [2.05, 4.69) is 4.98 Å². The second-order valence-electron chi connectivity index (χ2n) is 5.49. The van der Waals surface area contributed by atoms with Crippen LogP contribution < -0.4 is 0 Å². The maximum absolute atomic E-state index is 11.3. The van der Waals surface area contributed by atoms with Crippen LogP contribution in [0.2, 0.25) is 0 Å². The molecule has 5 heteroatoms. The molecule has 0 bridgehead atoms. The Morgan fingerprint density at radius 1 is 1.42 bits per heavy atom. The van der Waals surface area contributed by atoms with E-state index in [0.717, 1.165) is 37.2 Å². The molecule has 0 aliphatic carbocycles. The highest BCUT2D eigenvalue weighted by Gasteiger charge is 2.27. The van der Waals surface area contributed by atoms with Crippen molar-refractivity contribution in [3.05, 3.63) is 17.7 Å². The van der Waals surface area contributed by atoms with E-state index in [4.69, 9.17) is 0 Å². The van der Waals surface area contributed by atoms with Crippen LogP contribution in [0.4, 0.5) is 0 Å². The van der Waals surface area contributed by atoms with E-state index in [-0.39, 0.29) is 0 Å². The van der Waals surface area contributed by atoms with Crippen LogP contribution in [-0.2, 0) is 17.6 Å². The van der Waals surface area contributed by atoms with Crippen LogP contribution in [0.15, 0.2) is 6.20 Å². The van der Waals surface area contributed by atoms with E-state index in [1.54, 1.807) is 0 Å². The Balaban J connectivity index is 1.75. The predicted molar refractivity (Wildman–Crippen MR) is 75.6 cm³/mol. The fraction of sp³-hybridized carbons (Fsp3) is 0.714. The fourth-order valence-corrected chi connectivity index (χ4v) is 4.40. The number of nitrogens with zero attached hydrogens (tertiary/aromatic N) is 2. The van der Waals surface area contributed by atoms with Gasteiger partial charge in [-0.2, -0.15) is 11.8 Å². The molecule has 104 valence electrons. The highest BCUT2D eigenvalue weighted by Crippen LogP contribution is 2.30. The number of aryl methyl sites for hydroxylation is 1. The molecule has 2 aliphatic heterocycles. The maximum Gasteiger partial charge on any atom is 0.326 e. The summed E-state index contributed by atoms with van der Waals surface area (Å²) in [6.07, 6.45) is 9.50. The topological polar surface area (TPSA) is 55.1 Å². The highest BCUT2D eigenvalue weighted by molar-refractivity contribution is 7.99. The quantitative estimate of drug-likeness (QED) is 0.925. The standard InChI is InChI=1S/C14H20N2O2S/c17-14(18)12-5-3-6-13-15-10(9-16(12)13)8-11-4-1-2-7-19-11/h9,11-12H,1-8H2,(H,17,18). The van der Waals surface area contributed by atoms with Gasteiger partial charge in [0.2, 0.25) is 0 Å². The number of carboxylic acid groups (broad SMARTS) is 1. The number of aromatic nitrogens is 2. The van der Waals surface area contributed by atoms with Crippen LogP contribution in [0.1, 0.15) is 49.7 Å². The van der Waals surface area contributed by atoms with Gasteiger partial charge in [0, 0.05) is 24.3 Å². The van der Waals surface area contributed by atoms with Crippen LogP contribution >= 0.6 is 11.8 Å². The molecule has 1 N–H and O–H groups in total. The smallest absolute Gasteiger partial charge is 0.326 e. The van der Waals surface area contributed by atoms with Crippen molar-refractivity contribution in [2.45, 2.75) is 56.2 Å². The molecule has 0 amide bonds. The second-order valence-corrected chi connectivity index (χ2v) is 6.90. The molecule has 4 nitrogen and oxygen atoms in total. The minimum Gasteiger partial charge on any atom is -0.480 e. The van der Waals surface area contributed by atoms with E-state index in [1.807, 2.05) is 22.5 Å². The summed E-state index contributed by atoms with van der Waals surface area (Å²) in [4.78, 5) is 15.9. The summed E-state index contributed by atoms with van der Waals surface area (Å²) in [7, 11) is 0. The summed E-state index contributed by atoms with van der Waals surface area (Å²) in [6.45, 7) is 0. The highest BCUT2D eigenvalue weighted by atomic mass is 32.2. The lowest BCUT2D eigenvalue weighted by Crippen LogP contribution is -2.24. The van der Waals surface area contributed by atoms with Gasteiger partial charge in [-0.25, -0.2) is 9.78 Å². The minimum absolute atomic E-state index is 0.399. The molecular weight excluding hydrogens is 260 g/mol. The molecule has 1 fully saturated rings. The van der Waals surface area contributed by atoms with Crippen molar-refractivity contribution in [2.75, 3.05) is 5.75 Å². The average molecular weight is 280 g/mol. The van der Waals surface area contributed by atoms with Gasteiger partial charge in [0.25, 0.3) is 0 Å². The van der Waals surface area contributed by atoms with Gasteiger partial charge in [-0.1, -0.05) is 6.42 Å². The van der Waals surface area contributed by atoms with Crippen LogP contribution in [-0.4, -0.2) is 31.6 Å². The summed E-state index contributed by atoms with van der Waals surface area (Å²) >= 11 is 2.05. The first-order chi connectivity index (χ1) is 9.24. The molecule has 1 aromatic heterocycles. The Kier molecular flexibility index (Phi) is 3.82. The molecule has 19 heavy (non-hydrogen) atoms. The zero-order chi connectivity index (χ0) is 13.2. The molecular formula is C14H20N2O2S. The summed E-state index contributed by atoms with van der Waals surface area (Å²) in [6, 6.07) is -0.399. The Morgan fingerprint density at radius 2 is 2.32 bits per heavy atom. The van der Waals surface area contributed by atoms with E-state index < -0.39 is 12.0 Å². The van der Waals surface area contributed by atoms with Crippen molar-refractivity contribution in [3.63, 3.8) is 0 Å². The lowest BCUT2D eigenvalue weighted by atomic mass is 10.1. The van der Waals surface area contributed by atoms with Gasteiger partial charge in [0.15, 0.2) is 0 Å². The van der Waals surface area contributed by atoms with Gasteiger partial charge in [-0.05, 0) is 31.4 Å². The Bertz CT molecular complexity index is 466. The van der Waals surface area contributed by atoms with Crippen molar-refractivity contribution in [2.24, 2.45) is 0 Å². The zero-order valence-electron chi connectivity index (χ0n) is 11.0. The molecule has 2 unspecified atom stereocenters. The number of imidazole rings is 1. The largest absolute Gasteiger partial charge is 0.480 e. The third kappa shape index (κ3) is 2.81. The predicted octanol–water partition coefficient (Wildman–Crippen LogP) is 2.67. The van der Waals surface area contributed by atoms with Crippen molar-refractivity contribution in [1.82, 2.24) is 9.55 Å². The van der Waals surface area contributed by atoms with Crippen LogP contribution in [0.25, 0.3) is 0 Å². The van der Waals surface area contributed by atoms with E-state index in [0.29, 0.717) is 5.25 Å². The monoisotopic (exact) mass is 280 g/mol. The summed E-state index contributed by atoms with van der Waals surface area (Å²) < 4.78 is 1.90. The van der Waals surface area contributed by atoms with E-state index in [1.165, 1.54) is 25.0 Å². The van der Waals surface area contributed by atoms with Gasteiger partial charge >= 0.3 is 5.97 Å². The lowest BCUT2D eigenvalue weighted by Gasteiger charge is -2.21. The molecule has 0 radical (unpaired) electrons. The lowest BCUT2D eigenvalue weighted by molar-refractivity contribution is -0.141. The van der Waals surface area contributed by atoms with Gasteiger partial charge in [-0.3, -0.25) is 0 Å². The first-order valence-electron chi connectivity index (χ1n) is 7.15. The molecule has 0 aromatic carbocycles. The van der Waals surface area contributed by atoms with Crippen molar-refractivity contribution < 1.29 is 9.90 Å². The first-order valence-corrected chi connectivity index (χ1v) is 8.20. The molecule has 3 heterocycles. The van der Waals surface area contributed by atoms with Gasteiger partial charge in [0.1, 0.15) is 11.9 Å². The SMILES string of the molecule is O=C(O)C1CCCc2nc(CC3CCCCS3)cn21. The first kappa shape index (κ1) is 13.0. The zero-order valence-corrected chi connectivity index (χ0v) is 11.9. The minimum atomic E-state index is -0.725. The van der Waals surface area contributed by atoms with Gasteiger partial charge in [0.05, 0.1) is 5.69 Å². The molecule has 2 atom stereocenters. The number of hydrogen-bond acceptors (Lipinski definition) is 3. The molecule has 1 saturated heterocycles. The molecule has 2 aliphatic rings. The molecule has 3 rings (SSSR count). The number of rotatable bonds is 3. The van der Waals surface area contributed by atoms with E-state index in [9.17, 15) is 9.90 Å². The Morgan fingerprint density at radius 3 is 3.05 bits per heavy atom. The molecule has 0 spiro atoms. The Hall–Kier alpha value is -0.970. The number of hydrogen-bond donors (Lipinski definition) is 1. The third-order valence-electron chi connectivity index (χ3n) is 4.07. The summed E-state index contributed by atoms with van der Waals surface area (Å²) in [5.74, 6) is 1.50. The number of carbonyl (C=O) groups is 1. The van der Waals surface area contributed by atoms with E-state index >= 15 is 0 Å². The van der Waals surface area contributed by atoms with Crippen molar-refractivity contribution in [1.29, 1.82) is 0 Å². The molecule has 1 aromatic rings.